The van der Waals surface area contributed by atoms with Crippen LogP contribution in [-0.2, 0) is 16.1 Å². The number of aromatic nitrogens is 2. The minimum absolute atomic E-state index is 0.0309. The second-order valence-electron chi connectivity index (χ2n) is 7.24. The van der Waals surface area contributed by atoms with Gasteiger partial charge in [0.05, 0.1) is 12.2 Å². The lowest BCUT2D eigenvalue weighted by atomic mass is 9.85. The highest BCUT2D eigenvalue weighted by atomic mass is 16.4. The van der Waals surface area contributed by atoms with Crippen molar-refractivity contribution in [2.75, 3.05) is 13.1 Å². The van der Waals surface area contributed by atoms with E-state index in [0.717, 1.165) is 30.8 Å². The first-order valence-corrected chi connectivity index (χ1v) is 8.67. The molecule has 0 spiro atoms. The third kappa shape index (κ3) is 4.35. The maximum atomic E-state index is 12.1. The normalized spacial score (nSPS) is 23.1. The second-order valence-corrected chi connectivity index (χ2v) is 7.24. The quantitative estimate of drug-likeness (QED) is 0.739. The number of rotatable bonds is 8. The molecule has 2 fully saturated rings. The Morgan fingerprint density at radius 2 is 2.08 bits per heavy atom. The first kappa shape index (κ1) is 17.0. The number of aliphatic carboxylic acids is 1. The summed E-state index contributed by atoms with van der Waals surface area (Å²) in [7, 11) is 0. The molecule has 2 aliphatic carbocycles. The molecule has 1 aromatic rings. The smallest absolute Gasteiger partial charge is 0.317 e. The van der Waals surface area contributed by atoms with E-state index in [2.05, 4.69) is 15.3 Å². The lowest BCUT2D eigenvalue weighted by Gasteiger charge is -2.42. The van der Waals surface area contributed by atoms with Crippen molar-refractivity contribution in [1.82, 2.24) is 20.0 Å². The van der Waals surface area contributed by atoms with E-state index in [4.69, 9.17) is 5.11 Å². The number of carboxylic acids is 1. The number of hydrogen-bond donors (Lipinski definition) is 2. The molecule has 0 atom stereocenters. The van der Waals surface area contributed by atoms with Crippen LogP contribution in [0.25, 0.3) is 0 Å². The molecule has 132 valence electrons. The maximum Gasteiger partial charge on any atom is 0.317 e. The lowest BCUT2D eigenvalue weighted by molar-refractivity contribution is -0.140. The van der Waals surface area contributed by atoms with Crippen LogP contribution in [0.15, 0.2) is 6.07 Å². The predicted molar refractivity (Wildman–Crippen MR) is 88.6 cm³/mol. The van der Waals surface area contributed by atoms with Crippen LogP contribution >= 0.6 is 0 Å². The van der Waals surface area contributed by atoms with E-state index in [0.29, 0.717) is 5.92 Å². The van der Waals surface area contributed by atoms with Crippen LogP contribution in [0.2, 0.25) is 0 Å². The van der Waals surface area contributed by atoms with Gasteiger partial charge in [-0.05, 0) is 51.5 Å². The van der Waals surface area contributed by atoms with E-state index in [-0.39, 0.29) is 31.1 Å². The SMILES string of the molecule is Cc1cc(C)n(CC(=O)NC2CC(N(CC(=O)O)CC3CC3)C2)n1. The minimum Gasteiger partial charge on any atom is -0.480 e. The van der Waals surface area contributed by atoms with Crippen molar-refractivity contribution in [2.45, 2.75) is 58.2 Å². The van der Waals surface area contributed by atoms with E-state index in [1.54, 1.807) is 4.68 Å². The van der Waals surface area contributed by atoms with Crippen molar-refractivity contribution in [3.05, 3.63) is 17.5 Å². The maximum absolute atomic E-state index is 12.1. The van der Waals surface area contributed by atoms with Crippen molar-refractivity contribution in [3.63, 3.8) is 0 Å². The third-order valence-electron chi connectivity index (χ3n) is 4.92. The van der Waals surface area contributed by atoms with Gasteiger partial charge in [-0.2, -0.15) is 5.10 Å². The standard InChI is InChI=1S/C17H26N4O3/c1-11-5-12(2)21(19-11)9-16(22)18-14-6-15(7-14)20(10-17(23)24)8-13-3-4-13/h5,13-15H,3-4,6-10H2,1-2H3,(H,18,22)(H,23,24). The highest BCUT2D eigenvalue weighted by Gasteiger charge is 2.37. The van der Waals surface area contributed by atoms with Crippen LogP contribution < -0.4 is 5.32 Å². The highest BCUT2D eigenvalue weighted by Crippen LogP contribution is 2.33. The Hall–Kier alpha value is -1.89. The number of nitrogens with one attached hydrogen (secondary N) is 1. The molecule has 7 nitrogen and oxygen atoms in total. The van der Waals surface area contributed by atoms with Crippen LogP contribution in [0.1, 0.15) is 37.1 Å². The Balaban J connectivity index is 1.44. The molecular formula is C17H26N4O3. The molecule has 0 unspecified atom stereocenters. The summed E-state index contributed by atoms with van der Waals surface area (Å²) in [5.74, 6) is -0.131. The molecule has 0 aromatic carbocycles. The zero-order chi connectivity index (χ0) is 17.3. The molecule has 1 aromatic heterocycles. The number of carboxylic acid groups (broad SMARTS) is 1. The van der Waals surface area contributed by atoms with Gasteiger partial charge in [0, 0.05) is 24.3 Å². The number of amides is 1. The molecule has 2 N–H and O–H groups in total. The first-order chi connectivity index (χ1) is 11.4. The zero-order valence-electron chi connectivity index (χ0n) is 14.4. The Kier molecular flexibility index (Phi) is 4.89. The molecule has 1 amide bonds. The summed E-state index contributed by atoms with van der Waals surface area (Å²) in [4.78, 5) is 25.2. The van der Waals surface area contributed by atoms with Gasteiger partial charge >= 0.3 is 5.97 Å². The zero-order valence-corrected chi connectivity index (χ0v) is 14.4. The van der Waals surface area contributed by atoms with Gasteiger partial charge in [-0.25, -0.2) is 0 Å². The molecular weight excluding hydrogens is 308 g/mol. The van der Waals surface area contributed by atoms with Crippen LogP contribution in [0.4, 0.5) is 0 Å². The van der Waals surface area contributed by atoms with E-state index < -0.39 is 5.97 Å². The van der Waals surface area contributed by atoms with Gasteiger partial charge in [-0.1, -0.05) is 0 Å². The van der Waals surface area contributed by atoms with E-state index in [1.165, 1.54) is 12.8 Å². The van der Waals surface area contributed by atoms with Crippen LogP contribution in [0.3, 0.4) is 0 Å². The van der Waals surface area contributed by atoms with E-state index >= 15 is 0 Å². The van der Waals surface area contributed by atoms with Gasteiger partial charge in [0.1, 0.15) is 6.54 Å². The summed E-state index contributed by atoms with van der Waals surface area (Å²) in [6.07, 6.45) is 4.10. The number of nitrogens with zero attached hydrogens (tertiary/aromatic N) is 3. The van der Waals surface area contributed by atoms with Crippen LogP contribution in [0, 0.1) is 19.8 Å². The molecule has 0 aliphatic heterocycles. The summed E-state index contributed by atoms with van der Waals surface area (Å²) in [5, 5.41) is 16.4. The van der Waals surface area contributed by atoms with E-state index in [1.807, 2.05) is 19.9 Å². The predicted octanol–water partition coefficient (Wildman–Crippen LogP) is 0.944. The average Bonchev–Trinajstić information content (AvgIpc) is 3.18. The molecule has 3 rings (SSSR count). The molecule has 0 radical (unpaired) electrons. The van der Waals surface area contributed by atoms with Gasteiger partial charge in [0.15, 0.2) is 0 Å². The Labute approximate surface area is 142 Å². The fourth-order valence-corrected chi connectivity index (χ4v) is 3.40. The Bertz CT molecular complexity index is 617. The number of hydrogen-bond acceptors (Lipinski definition) is 4. The monoisotopic (exact) mass is 334 g/mol. The van der Waals surface area contributed by atoms with Crippen LogP contribution in [0.5, 0.6) is 0 Å². The summed E-state index contributed by atoms with van der Waals surface area (Å²) >= 11 is 0. The fraction of sp³-hybridized carbons (Fsp3) is 0.706. The second kappa shape index (κ2) is 6.93. The summed E-state index contributed by atoms with van der Waals surface area (Å²) in [6, 6.07) is 2.38. The largest absolute Gasteiger partial charge is 0.480 e. The summed E-state index contributed by atoms with van der Waals surface area (Å²) in [5.41, 5.74) is 1.89. The van der Waals surface area contributed by atoms with Gasteiger partial charge in [-0.3, -0.25) is 19.2 Å². The molecule has 1 heterocycles. The molecule has 0 saturated heterocycles. The Morgan fingerprint density at radius 1 is 1.38 bits per heavy atom. The Morgan fingerprint density at radius 3 is 2.62 bits per heavy atom. The number of carbonyl (C=O) groups is 2. The van der Waals surface area contributed by atoms with Crippen molar-refractivity contribution in [3.8, 4) is 0 Å². The fourth-order valence-electron chi connectivity index (χ4n) is 3.40. The minimum atomic E-state index is -0.771. The van der Waals surface area contributed by atoms with Gasteiger partial charge < -0.3 is 10.4 Å². The highest BCUT2D eigenvalue weighted by molar-refractivity contribution is 5.76. The summed E-state index contributed by atoms with van der Waals surface area (Å²) < 4.78 is 1.71. The van der Waals surface area contributed by atoms with Gasteiger partial charge in [-0.15, -0.1) is 0 Å². The van der Waals surface area contributed by atoms with E-state index in [9.17, 15) is 9.59 Å². The van der Waals surface area contributed by atoms with Crippen molar-refractivity contribution in [2.24, 2.45) is 5.92 Å². The molecule has 0 bridgehead atoms. The molecule has 2 aliphatic rings. The third-order valence-corrected chi connectivity index (χ3v) is 4.92. The number of aryl methyl sites for hydroxylation is 2. The number of carbonyl (C=O) groups excluding carboxylic acids is 1. The van der Waals surface area contributed by atoms with Crippen LogP contribution in [-0.4, -0.2) is 56.8 Å². The van der Waals surface area contributed by atoms with Crippen molar-refractivity contribution >= 4 is 11.9 Å². The van der Waals surface area contributed by atoms with Crippen molar-refractivity contribution in [1.29, 1.82) is 0 Å². The van der Waals surface area contributed by atoms with Gasteiger partial charge in [0.2, 0.25) is 5.91 Å². The molecule has 7 heteroatoms. The lowest BCUT2D eigenvalue weighted by Crippen LogP contribution is -2.55. The average molecular weight is 334 g/mol. The topological polar surface area (TPSA) is 87.5 Å². The van der Waals surface area contributed by atoms with Gasteiger partial charge in [0.25, 0.3) is 0 Å². The molecule has 24 heavy (non-hydrogen) atoms. The first-order valence-electron chi connectivity index (χ1n) is 8.67. The summed E-state index contributed by atoms with van der Waals surface area (Å²) in [6.45, 7) is 5.07. The molecule has 2 saturated carbocycles. The van der Waals surface area contributed by atoms with Crippen molar-refractivity contribution < 1.29 is 14.7 Å².